The van der Waals surface area contributed by atoms with Gasteiger partial charge in [-0.25, -0.2) is 0 Å². The predicted octanol–water partition coefficient (Wildman–Crippen LogP) is 1.06. The second kappa shape index (κ2) is 4.84. The maximum absolute atomic E-state index is 11.0. The van der Waals surface area contributed by atoms with E-state index in [2.05, 4.69) is 9.97 Å². The van der Waals surface area contributed by atoms with Gasteiger partial charge in [0.05, 0.1) is 0 Å². The van der Waals surface area contributed by atoms with Crippen LogP contribution in [0.2, 0.25) is 0 Å². The first-order valence-electron chi connectivity index (χ1n) is 3.91. The Hall–Kier alpha value is -1.25. The largest absolute Gasteiger partial charge is 0.662 e. The Morgan fingerprint density at radius 2 is 2.07 bits per heavy atom. The van der Waals surface area contributed by atoms with Crippen molar-refractivity contribution in [3.8, 4) is 11.4 Å². The average molecular weight is 363 g/mol. The summed E-state index contributed by atoms with van der Waals surface area (Å²) in [6, 6.07) is 8.41. The monoisotopic (exact) mass is 364 g/mol. The van der Waals surface area contributed by atoms with Crippen LogP contribution < -0.4 is 10.4 Å². The van der Waals surface area contributed by atoms with Crippen LogP contribution in [0, 0.1) is 0 Å². The molecular formula is C10H7IrN2O-. The maximum atomic E-state index is 11.0. The number of rotatable bonds is 1. The zero-order valence-corrected chi connectivity index (χ0v) is 9.57. The minimum absolute atomic E-state index is 0. The second-order valence-corrected chi connectivity index (χ2v) is 2.59. The normalized spacial score (nSPS) is 9.14. The number of nitrogens with zero attached hydrogens (tertiary/aromatic N) is 2. The van der Waals surface area contributed by atoms with E-state index in [1.54, 1.807) is 6.20 Å². The van der Waals surface area contributed by atoms with Crippen LogP contribution in [-0.4, -0.2) is 4.98 Å². The Bertz CT molecular complexity index is 453. The van der Waals surface area contributed by atoms with E-state index in [1.165, 1.54) is 18.3 Å². The zero-order chi connectivity index (χ0) is 9.10. The van der Waals surface area contributed by atoms with Gasteiger partial charge < -0.3 is 4.98 Å². The summed E-state index contributed by atoms with van der Waals surface area (Å²) in [5, 5.41) is 0. The number of aromatic nitrogens is 2. The molecule has 0 fully saturated rings. The summed E-state index contributed by atoms with van der Waals surface area (Å²) in [5.41, 5.74) is 1.30. The van der Waals surface area contributed by atoms with E-state index >= 15 is 0 Å². The molecule has 0 saturated heterocycles. The van der Waals surface area contributed by atoms with Gasteiger partial charge in [-0.05, 0) is 24.3 Å². The average Bonchev–Trinajstić information content (AvgIpc) is 2.19. The standard InChI is InChI=1S/C10H8N2O.Ir/c13-8-4-6-12-10(7-8)9-3-1-2-5-11-9;/h1-7H,(H,12,13);/p-1. The Kier molecular flexibility index (Phi) is 3.74. The first-order chi connectivity index (χ1) is 6.36. The molecule has 2 heterocycles. The molecule has 1 radical (unpaired) electrons. The van der Waals surface area contributed by atoms with Crippen molar-refractivity contribution in [2.24, 2.45) is 0 Å². The summed E-state index contributed by atoms with van der Waals surface area (Å²) in [4.78, 5) is 19.1. The van der Waals surface area contributed by atoms with Crippen LogP contribution in [0.3, 0.4) is 0 Å². The van der Waals surface area contributed by atoms with Gasteiger partial charge in [0.25, 0.3) is 0 Å². The summed E-state index contributed by atoms with van der Waals surface area (Å²) in [5.74, 6) is 0. The van der Waals surface area contributed by atoms with Crippen molar-refractivity contribution < 1.29 is 20.1 Å². The van der Waals surface area contributed by atoms with Gasteiger partial charge in [-0.2, -0.15) is 6.20 Å². The summed E-state index contributed by atoms with van der Waals surface area (Å²) in [6.45, 7) is 0. The summed E-state index contributed by atoms with van der Waals surface area (Å²) < 4.78 is 0. The van der Waals surface area contributed by atoms with E-state index < -0.39 is 0 Å². The van der Waals surface area contributed by atoms with Gasteiger partial charge in [0.15, 0.2) is 5.43 Å². The minimum atomic E-state index is -0.0457. The molecule has 0 atom stereocenters. The molecule has 0 aliphatic carbocycles. The van der Waals surface area contributed by atoms with Gasteiger partial charge in [0, 0.05) is 32.0 Å². The van der Waals surface area contributed by atoms with Gasteiger partial charge in [0.1, 0.15) is 0 Å². The van der Waals surface area contributed by atoms with Gasteiger partial charge in [-0.3, -0.25) is 9.78 Å². The molecule has 0 N–H and O–H groups in total. The molecule has 0 aliphatic heterocycles. The summed E-state index contributed by atoms with van der Waals surface area (Å²) in [6.07, 6.45) is 3.17. The number of pyridine rings is 2. The molecular weight excluding hydrogens is 356 g/mol. The van der Waals surface area contributed by atoms with E-state index in [0.717, 1.165) is 5.69 Å². The van der Waals surface area contributed by atoms with Crippen LogP contribution in [0.15, 0.2) is 47.5 Å². The molecule has 0 spiro atoms. The molecule has 4 heteroatoms. The molecule has 2 aromatic heterocycles. The molecule has 14 heavy (non-hydrogen) atoms. The van der Waals surface area contributed by atoms with Crippen LogP contribution in [0.4, 0.5) is 0 Å². The second-order valence-electron chi connectivity index (χ2n) is 2.59. The summed E-state index contributed by atoms with van der Waals surface area (Å²) >= 11 is 0. The SMILES string of the molecule is O=c1cc[n-]c(-c2ccccn2)c1.[Ir]. The Balaban J connectivity index is 0.000000980. The third-order valence-electron chi connectivity index (χ3n) is 1.66. The van der Waals surface area contributed by atoms with Crippen LogP contribution in [0.5, 0.6) is 0 Å². The smallest absolute Gasteiger partial charge is 0.175 e. The Morgan fingerprint density at radius 1 is 1.21 bits per heavy atom. The zero-order valence-electron chi connectivity index (χ0n) is 7.18. The minimum Gasteiger partial charge on any atom is -0.662 e. The molecule has 2 aromatic rings. The van der Waals surface area contributed by atoms with Gasteiger partial charge >= 0.3 is 0 Å². The number of hydrogen-bond donors (Lipinski definition) is 0. The third-order valence-corrected chi connectivity index (χ3v) is 1.66. The van der Waals surface area contributed by atoms with E-state index in [-0.39, 0.29) is 25.5 Å². The first kappa shape index (κ1) is 10.8. The number of hydrogen-bond acceptors (Lipinski definition) is 2. The molecule has 0 bridgehead atoms. The van der Waals surface area contributed by atoms with Gasteiger partial charge in [-0.15, -0.1) is 5.69 Å². The van der Waals surface area contributed by atoms with E-state index in [1.807, 2.05) is 18.2 Å². The van der Waals surface area contributed by atoms with Crippen LogP contribution in [-0.2, 0) is 20.1 Å². The summed E-state index contributed by atoms with van der Waals surface area (Å²) in [7, 11) is 0. The predicted molar refractivity (Wildman–Crippen MR) is 49.3 cm³/mol. The molecule has 0 aromatic carbocycles. The van der Waals surface area contributed by atoms with E-state index in [4.69, 9.17) is 0 Å². The fourth-order valence-electron chi connectivity index (χ4n) is 1.07. The van der Waals surface area contributed by atoms with Crippen molar-refractivity contribution >= 4 is 0 Å². The molecule has 2 rings (SSSR count). The van der Waals surface area contributed by atoms with Crippen molar-refractivity contribution in [3.05, 3.63) is 52.9 Å². The topological polar surface area (TPSA) is 44.1 Å². The van der Waals surface area contributed by atoms with E-state index in [0.29, 0.717) is 5.69 Å². The fourth-order valence-corrected chi connectivity index (χ4v) is 1.07. The molecule has 0 aliphatic rings. The molecule has 3 nitrogen and oxygen atoms in total. The van der Waals surface area contributed by atoms with Gasteiger partial charge in [-0.1, -0.05) is 6.07 Å². The van der Waals surface area contributed by atoms with Crippen molar-refractivity contribution in [2.45, 2.75) is 0 Å². The van der Waals surface area contributed by atoms with Crippen molar-refractivity contribution in [3.63, 3.8) is 0 Å². The molecule has 73 valence electrons. The Labute approximate surface area is 94.6 Å². The third kappa shape index (κ3) is 2.37. The molecule has 0 saturated carbocycles. The van der Waals surface area contributed by atoms with Crippen molar-refractivity contribution in [2.75, 3.05) is 0 Å². The van der Waals surface area contributed by atoms with Gasteiger partial charge in [0.2, 0.25) is 0 Å². The van der Waals surface area contributed by atoms with E-state index in [9.17, 15) is 4.79 Å². The van der Waals surface area contributed by atoms with Crippen LogP contribution in [0.25, 0.3) is 11.4 Å². The van der Waals surface area contributed by atoms with Crippen LogP contribution >= 0.6 is 0 Å². The first-order valence-corrected chi connectivity index (χ1v) is 3.91. The molecule has 0 amide bonds. The van der Waals surface area contributed by atoms with Crippen LogP contribution in [0.1, 0.15) is 0 Å². The Morgan fingerprint density at radius 3 is 2.71 bits per heavy atom. The van der Waals surface area contributed by atoms with Crippen molar-refractivity contribution in [1.82, 2.24) is 9.97 Å². The van der Waals surface area contributed by atoms with Crippen molar-refractivity contribution in [1.29, 1.82) is 0 Å². The fraction of sp³-hybridized carbons (Fsp3) is 0. The maximum Gasteiger partial charge on any atom is 0.175 e. The quantitative estimate of drug-likeness (QED) is 0.761. The molecule has 0 unspecified atom stereocenters.